The van der Waals surface area contributed by atoms with E-state index in [1.54, 1.807) is 35.8 Å². The van der Waals surface area contributed by atoms with Gasteiger partial charge in [-0.15, -0.1) is 0 Å². The average Bonchev–Trinajstić information content (AvgIpc) is 2.47. The molecule has 1 saturated heterocycles. The Morgan fingerprint density at radius 3 is 3.05 bits per heavy atom. The van der Waals surface area contributed by atoms with Gasteiger partial charge in [0.1, 0.15) is 6.04 Å². The van der Waals surface area contributed by atoms with Crippen molar-refractivity contribution in [2.75, 3.05) is 24.7 Å². The Kier molecular flexibility index (Phi) is 5.42. The number of aromatic nitrogens is 1. The van der Waals surface area contributed by atoms with Gasteiger partial charge in [0.2, 0.25) is 0 Å². The number of halogens is 1. The molecule has 7 heteroatoms. The van der Waals surface area contributed by atoms with Crippen molar-refractivity contribution >= 4 is 39.6 Å². The molecule has 1 fully saturated rings. The lowest BCUT2D eigenvalue weighted by molar-refractivity contribution is -0.147. The first-order valence-electron chi connectivity index (χ1n) is 6.29. The topological polar surface area (TPSA) is 59.5 Å². The third-order valence-corrected chi connectivity index (χ3v) is 4.36. The summed E-state index contributed by atoms with van der Waals surface area (Å²) in [6.45, 7) is 2.62. The second-order valence-electron chi connectivity index (χ2n) is 4.23. The Balaban J connectivity index is 2.19. The molecule has 1 amide bonds. The first-order valence-corrected chi connectivity index (χ1v) is 8.24. The van der Waals surface area contributed by atoms with Gasteiger partial charge in [-0.1, -0.05) is 0 Å². The second kappa shape index (κ2) is 7.08. The summed E-state index contributed by atoms with van der Waals surface area (Å²) in [4.78, 5) is 30.0. The maximum absolute atomic E-state index is 12.5. The fourth-order valence-electron chi connectivity index (χ4n) is 1.98. The smallest absolute Gasteiger partial charge is 0.329 e. The standard InChI is InChI=1S/C13H15BrN2O3S/c1-2-19-13(18)11-8-20-4-3-16(11)12(17)9-5-10(14)7-15-6-9/h5-7,11H,2-4,8H2,1H3. The van der Waals surface area contributed by atoms with E-state index in [1.807, 2.05) is 0 Å². The summed E-state index contributed by atoms with van der Waals surface area (Å²) in [6, 6.07) is 1.19. The van der Waals surface area contributed by atoms with E-state index in [1.165, 1.54) is 6.20 Å². The third-order valence-electron chi connectivity index (χ3n) is 2.90. The Morgan fingerprint density at radius 1 is 1.55 bits per heavy atom. The fraction of sp³-hybridized carbons (Fsp3) is 0.462. The van der Waals surface area contributed by atoms with Gasteiger partial charge in [-0.2, -0.15) is 11.8 Å². The molecule has 1 aliphatic heterocycles. The maximum atomic E-state index is 12.5. The lowest BCUT2D eigenvalue weighted by atomic mass is 10.2. The number of carbonyl (C=O) groups is 2. The number of hydrogen-bond acceptors (Lipinski definition) is 5. The highest BCUT2D eigenvalue weighted by atomic mass is 79.9. The van der Waals surface area contributed by atoms with Crippen LogP contribution in [0.25, 0.3) is 0 Å². The minimum atomic E-state index is -0.514. The molecule has 1 aromatic heterocycles. The minimum Gasteiger partial charge on any atom is -0.464 e. The molecule has 0 aliphatic carbocycles. The van der Waals surface area contributed by atoms with Crippen LogP contribution < -0.4 is 0 Å². The van der Waals surface area contributed by atoms with Crippen molar-refractivity contribution in [2.45, 2.75) is 13.0 Å². The van der Waals surface area contributed by atoms with Crippen molar-refractivity contribution < 1.29 is 14.3 Å². The predicted molar refractivity (Wildman–Crippen MR) is 80.7 cm³/mol. The molecule has 1 aromatic rings. The van der Waals surface area contributed by atoms with Crippen LogP contribution in [0.3, 0.4) is 0 Å². The number of nitrogens with zero attached hydrogens (tertiary/aromatic N) is 2. The molecule has 0 bridgehead atoms. The number of thioether (sulfide) groups is 1. The van der Waals surface area contributed by atoms with E-state index in [0.717, 1.165) is 10.2 Å². The van der Waals surface area contributed by atoms with Gasteiger partial charge in [-0.3, -0.25) is 9.78 Å². The molecular weight excluding hydrogens is 344 g/mol. The highest BCUT2D eigenvalue weighted by Gasteiger charge is 2.34. The number of esters is 1. The number of amides is 1. The normalized spacial score (nSPS) is 18.7. The average molecular weight is 359 g/mol. The van der Waals surface area contributed by atoms with Gasteiger partial charge in [0.15, 0.2) is 0 Å². The van der Waals surface area contributed by atoms with E-state index in [4.69, 9.17) is 4.74 Å². The van der Waals surface area contributed by atoms with Crippen LogP contribution in [0.1, 0.15) is 17.3 Å². The predicted octanol–water partition coefficient (Wildman–Crippen LogP) is 1.96. The van der Waals surface area contributed by atoms with E-state index in [-0.39, 0.29) is 11.9 Å². The Labute approximate surface area is 130 Å². The molecule has 5 nitrogen and oxygen atoms in total. The summed E-state index contributed by atoms with van der Waals surface area (Å²) in [6.07, 6.45) is 3.13. The highest BCUT2D eigenvalue weighted by Crippen LogP contribution is 2.21. The minimum absolute atomic E-state index is 0.183. The van der Waals surface area contributed by atoms with Crippen molar-refractivity contribution in [3.8, 4) is 0 Å². The summed E-state index contributed by atoms with van der Waals surface area (Å²) in [5.41, 5.74) is 0.473. The Morgan fingerprint density at radius 2 is 2.35 bits per heavy atom. The molecule has 0 aromatic carbocycles. The molecule has 0 N–H and O–H groups in total. The van der Waals surface area contributed by atoms with Crippen molar-refractivity contribution in [1.82, 2.24) is 9.88 Å². The molecular formula is C13H15BrN2O3S. The molecule has 0 saturated carbocycles. The van der Waals surface area contributed by atoms with Crippen LogP contribution in [-0.4, -0.2) is 52.5 Å². The number of hydrogen-bond donors (Lipinski definition) is 0. The van der Waals surface area contributed by atoms with Crippen LogP contribution >= 0.6 is 27.7 Å². The van der Waals surface area contributed by atoms with Gasteiger partial charge >= 0.3 is 5.97 Å². The number of carbonyl (C=O) groups excluding carboxylic acids is 2. The lowest BCUT2D eigenvalue weighted by Gasteiger charge is -2.33. The van der Waals surface area contributed by atoms with Crippen LogP contribution in [-0.2, 0) is 9.53 Å². The summed E-state index contributed by atoms with van der Waals surface area (Å²) < 4.78 is 5.79. The molecule has 108 valence electrons. The zero-order valence-corrected chi connectivity index (χ0v) is 13.4. The molecule has 20 heavy (non-hydrogen) atoms. The number of rotatable bonds is 3. The molecule has 2 heterocycles. The summed E-state index contributed by atoms with van der Waals surface area (Å²) >= 11 is 4.95. The van der Waals surface area contributed by atoms with Crippen molar-refractivity contribution in [3.63, 3.8) is 0 Å². The van der Waals surface area contributed by atoms with Gasteiger partial charge in [0.25, 0.3) is 5.91 Å². The summed E-state index contributed by atoms with van der Waals surface area (Å²) in [5.74, 6) is 0.878. The van der Waals surface area contributed by atoms with Gasteiger partial charge in [0.05, 0.1) is 12.2 Å². The molecule has 1 aliphatic rings. The van der Waals surface area contributed by atoms with E-state index >= 15 is 0 Å². The Bertz CT molecular complexity index is 512. The lowest BCUT2D eigenvalue weighted by Crippen LogP contribution is -2.51. The van der Waals surface area contributed by atoms with Crippen molar-refractivity contribution in [1.29, 1.82) is 0 Å². The van der Waals surface area contributed by atoms with E-state index in [9.17, 15) is 9.59 Å². The van der Waals surface area contributed by atoms with Crippen molar-refractivity contribution in [2.24, 2.45) is 0 Å². The van der Waals surface area contributed by atoms with Crippen LogP contribution in [0, 0.1) is 0 Å². The molecule has 0 spiro atoms. The quantitative estimate of drug-likeness (QED) is 0.773. The van der Waals surface area contributed by atoms with Crippen LogP contribution in [0.4, 0.5) is 0 Å². The first-order chi connectivity index (χ1) is 9.63. The van der Waals surface area contributed by atoms with Gasteiger partial charge in [-0.25, -0.2) is 4.79 Å². The molecule has 1 unspecified atom stereocenters. The number of ether oxygens (including phenoxy) is 1. The zero-order valence-electron chi connectivity index (χ0n) is 11.0. The SMILES string of the molecule is CCOC(=O)C1CSCCN1C(=O)c1cncc(Br)c1. The molecule has 0 radical (unpaired) electrons. The summed E-state index contributed by atoms with van der Waals surface area (Å²) in [5, 5.41) is 0. The van der Waals surface area contributed by atoms with Gasteiger partial charge in [-0.05, 0) is 28.9 Å². The fourth-order valence-corrected chi connectivity index (χ4v) is 3.37. The van der Waals surface area contributed by atoms with Gasteiger partial charge in [0, 0.05) is 34.9 Å². The van der Waals surface area contributed by atoms with Gasteiger partial charge < -0.3 is 9.64 Å². The Hall–Kier alpha value is -1.08. The van der Waals surface area contributed by atoms with E-state index in [2.05, 4.69) is 20.9 Å². The van der Waals surface area contributed by atoms with Crippen LogP contribution in [0.15, 0.2) is 22.9 Å². The second-order valence-corrected chi connectivity index (χ2v) is 6.30. The monoisotopic (exact) mass is 358 g/mol. The number of pyridine rings is 1. The molecule has 1 atom stereocenters. The van der Waals surface area contributed by atoms with Crippen molar-refractivity contribution in [3.05, 3.63) is 28.5 Å². The van der Waals surface area contributed by atoms with Crippen LogP contribution in [0.5, 0.6) is 0 Å². The third kappa shape index (κ3) is 3.52. The first kappa shape index (κ1) is 15.3. The van der Waals surface area contributed by atoms with E-state index in [0.29, 0.717) is 24.5 Å². The molecule has 2 rings (SSSR count). The maximum Gasteiger partial charge on any atom is 0.329 e. The van der Waals surface area contributed by atoms with E-state index < -0.39 is 6.04 Å². The largest absolute Gasteiger partial charge is 0.464 e. The zero-order chi connectivity index (χ0) is 14.5. The summed E-state index contributed by atoms with van der Waals surface area (Å²) in [7, 11) is 0. The highest BCUT2D eigenvalue weighted by molar-refractivity contribution is 9.10. The van der Waals surface area contributed by atoms with Crippen LogP contribution in [0.2, 0.25) is 0 Å².